The lowest BCUT2D eigenvalue weighted by Crippen LogP contribution is -2.04. The van der Waals surface area contributed by atoms with Crippen molar-refractivity contribution in [1.29, 1.82) is 0 Å². The van der Waals surface area contributed by atoms with E-state index >= 15 is 0 Å². The van der Waals surface area contributed by atoms with Crippen LogP contribution < -0.4 is 0 Å². The molecule has 0 saturated carbocycles. The molecule has 1 aliphatic heterocycles. The summed E-state index contributed by atoms with van der Waals surface area (Å²) in [6.45, 7) is 3.51. The zero-order chi connectivity index (χ0) is 13.2. The summed E-state index contributed by atoms with van der Waals surface area (Å²) in [6.07, 6.45) is 1.85. The SMILES string of the molecule is Cc1cc(O)ccc1-c1nc(CC2CCOC2)no1. The highest BCUT2D eigenvalue weighted by atomic mass is 16.5. The van der Waals surface area contributed by atoms with Crippen LogP contribution in [0, 0.1) is 12.8 Å². The van der Waals surface area contributed by atoms with E-state index < -0.39 is 0 Å². The Bertz CT molecular complexity index is 574. The Kier molecular flexibility index (Phi) is 3.21. The van der Waals surface area contributed by atoms with Crippen molar-refractivity contribution in [1.82, 2.24) is 10.1 Å². The lowest BCUT2D eigenvalue weighted by Gasteiger charge is -2.01. The molecule has 1 aromatic heterocycles. The first kappa shape index (κ1) is 12.2. The second kappa shape index (κ2) is 5.01. The summed E-state index contributed by atoms with van der Waals surface area (Å²) in [6, 6.07) is 5.10. The standard InChI is InChI=1S/C14H16N2O3/c1-9-6-11(17)2-3-12(9)14-15-13(16-19-14)7-10-4-5-18-8-10/h2-3,6,10,17H,4-5,7-8H2,1H3. The van der Waals surface area contributed by atoms with Gasteiger partial charge in [-0.25, -0.2) is 0 Å². The molecule has 2 heterocycles. The molecule has 3 rings (SSSR count). The van der Waals surface area contributed by atoms with Crippen molar-refractivity contribution < 1.29 is 14.4 Å². The Morgan fingerprint density at radius 1 is 1.42 bits per heavy atom. The maximum atomic E-state index is 9.40. The van der Waals surface area contributed by atoms with Crippen LogP contribution in [-0.4, -0.2) is 28.5 Å². The van der Waals surface area contributed by atoms with E-state index in [0.717, 1.165) is 43.0 Å². The minimum atomic E-state index is 0.240. The van der Waals surface area contributed by atoms with Crippen LogP contribution in [-0.2, 0) is 11.2 Å². The summed E-state index contributed by atoms with van der Waals surface area (Å²) in [7, 11) is 0. The first-order valence-corrected chi connectivity index (χ1v) is 6.42. The molecule has 1 saturated heterocycles. The van der Waals surface area contributed by atoms with Gasteiger partial charge in [-0.15, -0.1) is 0 Å². The van der Waals surface area contributed by atoms with Crippen molar-refractivity contribution >= 4 is 0 Å². The fraction of sp³-hybridized carbons (Fsp3) is 0.429. The summed E-state index contributed by atoms with van der Waals surface area (Å²) < 4.78 is 10.6. The number of phenolic OH excluding ortho intramolecular Hbond substituents is 1. The molecule has 19 heavy (non-hydrogen) atoms. The van der Waals surface area contributed by atoms with E-state index in [1.807, 2.05) is 6.92 Å². The van der Waals surface area contributed by atoms with Gasteiger partial charge in [-0.05, 0) is 43.0 Å². The first-order chi connectivity index (χ1) is 9.22. The number of benzene rings is 1. The van der Waals surface area contributed by atoms with Crippen LogP contribution in [0.5, 0.6) is 5.75 Å². The van der Waals surface area contributed by atoms with Crippen LogP contribution in [0.25, 0.3) is 11.5 Å². The number of hydrogen-bond acceptors (Lipinski definition) is 5. The normalized spacial score (nSPS) is 18.9. The van der Waals surface area contributed by atoms with Gasteiger partial charge in [0.25, 0.3) is 5.89 Å². The quantitative estimate of drug-likeness (QED) is 0.917. The van der Waals surface area contributed by atoms with E-state index in [4.69, 9.17) is 9.26 Å². The van der Waals surface area contributed by atoms with Crippen LogP contribution in [0.1, 0.15) is 17.8 Å². The van der Waals surface area contributed by atoms with E-state index in [-0.39, 0.29) is 5.75 Å². The average Bonchev–Trinajstić information content (AvgIpc) is 3.01. The summed E-state index contributed by atoms with van der Waals surface area (Å²) >= 11 is 0. The zero-order valence-corrected chi connectivity index (χ0v) is 10.8. The van der Waals surface area contributed by atoms with Gasteiger partial charge >= 0.3 is 0 Å². The Balaban J connectivity index is 1.80. The van der Waals surface area contributed by atoms with Crippen molar-refractivity contribution in [2.45, 2.75) is 19.8 Å². The average molecular weight is 260 g/mol. The monoisotopic (exact) mass is 260 g/mol. The molecule has 0 amide bonds. The van der Waals surface area contributed by atoms with Gasteiger partial charge in [-0.3, -0.25) is 0 Å². The third-order valence-corrected chi connectivity index (χ3v) is 3.40. The second-order valence-corrected chi connectivity index (χ2v) is 4.95. The number of rotatable bonds is 3. The van der Waals surface area contributed by atoms with Gasteiger partial charge in [0.15, 0.2) is 5.82 Å². The van der Waals surface area contributed by atoms with Crippen LogP contribution in [0.4, 0.5) is 0 Å². The fourth-order valence-electron chi connectivity index (χ4n) is 2.34. The molecule has 2 aromatic rings. The molecule has 1 fully saturated rings. The maximum Gasteiger partial charge on any atom is 0.258 e. The third kappa shape index (κ3) is 2.61. The van der Waals surface area contributed by atoms with Gasteiger partial charge in [0, 0.05) is 25.2 Å². The molecule has 0 spiro atoms. The van der Waals surface area contributed by atoms with E-state index in [2.05, 4.69) is 10.1 Å². The fourth-order valence-corrected chi connectivity index (χ4v) is 2.34. The molecule has 5 nitrogen and oxygen atoms in total. The molecule has 1 atom stereocenters. The maximum absolute atomic E-state index is 9.40. The van der Waals surface area contributed by atoms with Crippen molar-refractivity contribution in [3.05, 3.63) is 29.6 Å². The van der Waals surface area contributed by atoms with Gasteiger partial charge < -0.3 is 14.4 Å². The highest BCUT2D eigenvalue weighted by molar-refractivity contribution is 5.59. The predicted molar refractivity (Wildman–Crippen MR) is 68.8 cm³/mol. The number of nitrogens with zero attached hydrogens (tertiary/aromatic N) is 2. The van der Waals surface area contributed by atoms with Crippen molar-refractivity contribution in [2.24, 2.45) is 5.92 Å². The Labute approximate surface area is 111 Å². The van der Waals surface area contributed by atoms with E-state index in [1.54, 1.807) is 18.2 Å². The number of aromatic nitrogens is 2. The number of hydrogen-bond donors (Lipinski definition) is 1. The Morgan fingerprint density at radius 3 is 3.05 bits per heavy atom. The Hall–Kier alpha value is -1.88. The van der Waals surface area contributed by atoms with Crippen LogP contribution in [0.2, 0.25) is 0 Å². The topological polar surface area (TPSA) is 68.4 Å². The number of aromatic hydroxyl groups is 1. The Morgan fingerprint density at radius 2 is 2.32 bits per heavy atom. The largest absolute Gasteiger partial charge is 0.508 e. The van der Waals surface area contributed by atoms with Crippen molar-refractivity contribution in [3.8, 4) is 17.2 Å². The minimum absolute atomic E-state index is 0.240. The molecule has 0 bridgehead atoms. The molecule has 1 N–H and O–H groups in total. The van der Waals surface area contributed by atoms with E-state index in [9.17, 15) is 5.11 Å². The molecule has 100 valence electrons. The zero-order valence-electron chi connectivity index (χ0n) is 10.8. The molecular weight excluding hydrogens is 244 g/mol. The smallest absolute Gasteiger partial charge is 0.258 e. The molecule has 1 unspecified atom stereocenters. The lowest BCUT2D eigenvalue weighted by molar-refractivity contribution is 0.185. The summed E-state index contributed by atoms with van der Waals surface area (Å²) in [4.78, 5) is 4.42. The van der Waals surface area contributed by atoms with Gasteiger partial charge in [-0.1, -0.05) is 5.16 Å². The van der Waals surface area contributed by atoms with Gasteiger partial charge in [0.05, 0.1) is 0 Å². The van der Waals surface area contributed by atoms with E-state index in [0.29, 0.717) is 11.8 Å². The molecule has 0 aliphatic carbocycles. The van der Waals surface area contributed by atoms with Gasteiger partial charge in [0.1, 0.15) is 5.75 Å². The molecular formula is C14H16N2O3. The summed E-state index contributed by atoms with van der Waals surface area (Å²) in [5.74, 6) is 1.96. The molecule has 5 heteroatoms. The van der Waals surface area contributed by atoms with Crippen LogP contribution >= 0.6 is 0 Å². The highest BCUT2D eigenvalue weighted by Gasteiger charge is 2.19. The van der Waals surface area contributed by atoms with Gasteiger partial charge in [-0.2, -0.15) is 4.98 Å². The first-order valence-electron chi connectivity index (χ1n) is 6.42. The lowest BCUT2D eigenvalue weighted by atomic mass is 10.1. The van der Waals surface area contributed by atoms with Gasteiger partial charge in [0.2, 0.25) is 0 Å². The van der Waals surface area contributed by atoms with Crippen molar-refractivity contribution in [2.75, 3.05) is 13.2 Å². The van der Waals surface area contributed by atoms with Crippen LogP contribution in [0.3, 0.4) is 0 Å². The molecule has 0 radical (unpaired) electrons. The summed E-state index contributed by atoms with van der Waals surface area (Å²) in [5, 5.41) is 13.4. The second-order valence-electron chi connectivity index (χ2n) is 4.95. The molecule has 1 aliphatic rings. The number of phenols is 1. The highest BCUT2D eigenvalue weighted by Crippen LogP contribution is 2.26. The third-order valence-electron chi connectivity index (χ3n) is 3.40. The molecule has 1 aromatic carbocycles. The minimum Gasteiger partial charge on any atom is -0.508 e. The summed E-state index contributed by atoms with van der Waals surface area (Å²) in [5.41, 5.74) is 1.78. The van der Waals surface area contributed by atoms with Crippen LogP contribution in [0.15, 0.2) is 22.7 Å². The van der Waals surface area contributed by atoms with E-state index in [1.165, 1.54) is 0 Å². The number of aryl methyl sites for hydroxylation is 1. The predicted octanol–water partition coefficient (Wildman–Crippen LogP) is 2.33. The number of ether oxygens (including phenoxy) is 1. The van der Waals surface area contributed by atoms with Crippen molar-refractivity contribution in [3.63, 3.8) is 0 Å².